The summed E-state index contributed by atoms with van der Waals surface area (Å²) in [6.45, 7) is 3.41. The number of anilines is 1. The Balaban J connectivity index is 2.55. The summed E-state index contributed by atoms with van der Waals surface area (Å²) >= 11 is 5.56. The van der Waals surface area contributed by atoms with Gasteiger partial charge in [-0.05, 0) is 49.2 Å². The summed E-state index contributed by atoms with van der Waals surface area (Å²) < 4.78 is 66.3. The molecule has 0 amide bonds. The van der Waals surface area contributed by atoms with Crippen LogP contribution in [0.25, 0.3) is 0 Å². The Bertz CT molecular complexity index is 848. The predicted octanol–water partition coefficient (Wildman–Crippen LogP) is 4.78. The van der Waals surface area contributed by atoms with Crippen LogP contribution in [0.1, 0.15) is 16.7 Å². The number of halogens is 4. The Kier molecular flexibility index (Phi) is 4.64. The third-order valence-electron chi connectivity index (χ3n) is 3.17. The minimum absolute atomic E-state index is 0.192. The summed E-state index contributed by atoms with van der Waals surface area (Å²) in [6, 6.07) is 7.55. The van der Waals surface area contributed by atoms with Crippen molar-refractivity contribution < 1.29 is 21.6 Å². The molecule has 0 fully saturated rings. The molecule has 0 spiro atoms. The SMILES string of the molecule is Cc1ccc(C)c(NS(=O)(=O)c2ccc(Cl)cc2C(F)(F)F)c1. The molecule has 0 unspecified atom stereocenters. The largest absolute Gasteiger partial charge is 0.417 e. The van der Waals surface area contributed by atoms with Gasteiger partial charge in [-0.25, -0.2) is 8.42 Å². The monoisotopic (exact) mass is 363 g/mol. The second-order valence-corrected chi connectivity index (χ2v) is 7.15. The number of alkyl halides is 3. The number of nitrogens with one attached hydrogen (secondary N) is 1. The molecule has 0 heterocycles. The van der Waals surface area contributed by atoms with Gasteiger partial charge in [0.1, 0.15) is 0 Å². The Labute approximate surface area is 137 Å². The third-order valence-corrected chi connectivity index (χ3v) is 4.83. The van der Waals surface area contributed by atoms with Crippen LogP contribution in [0.5, 0.6) is 0 Å². The number of sulfonamides is 1. The lowest BCUT2D eigenvalue weighted by Crippen LogP contribution is -2.19. The van der Waals surface area contributed by atoms with E-state index in [1.165, 1.54) is 0 Å². The molecule has 0 saturated carbocycles. The zero-order chi connectivity index (χ0) is 17.4. The van der Waals surface area contributed by atoms with Crippen molar-refractivity contribution in [1.29, 1.82) is 0 Å². The summed E-state index contributed by atoms with van der Waals surface area (Å²) in [4.78, 5) is -0.865. The maximum atomic E-state index is 13.1. The Morgan fingerprint density at radius 1 is 1.04 bits per heavy atom. The first-order chi connectivity index (χ1) is 10.5. The van der Waals surface area contributed by atoms with Gasteiger partial charge in [-0.2, -0.15) is 13.2 Å². The van der Waals surface area contributed by atoms with Gasteiger partial charge in [0.15, 0.2) is 0 Å². The molecule has 0 aromatic heterocycles. The van der Waals surface area contributed by atoms with E-state index in [1.54, 1.807) is 32.0 Å². The molecule has 2 aromatic rings. The Morgan fingerprint density at radius 3 is 2.30 bits per heavy atom. The Hall–Kier alpha value is -1.73. The average Bonchev–Trinajstić information content (AvgIpc) is 2.41. The molecule has 0 saturated heterocycles. The lowest BCUT2D eigenvalue weighted by Gasteiger charge is -2.16. The summed E-state index contributed by atoms with van der Waals surface area (Å²) in [7, 11) is -4.41. The van der Waals surface area contributed by atoms with Crippen LogP contribution in [-0.2, 0) is 16.2 Å². The normalized spacial score (nSPS) is 12.3. The van der Waals surface area contributed by atoms with E-state index in [2.05, 4.69) is 4.72 Å². The molecule has 124 valence electrons. The number of hydrogen-bond donors (Lipinski definition) is 1. The van der Waals surface area contributed by atoms with Gasteiger partial charge in [0.25, 0.3) is 10.0 Å². The van der Waals surface area contributed by atoms with Gasteiger partial charge >= 0.3 is 6.18 Å². The van der Waals surface area contributed by atoms with E-state index in [-0.39, 0.29) is 10.7 Å². The Morgan fingerprint density at radius 2 is 1.70 bits per heavy atom. The van der Waals surface area contributed by atoms with Crippen molar-refractivity contribution in [2.24, 2.45) is 0 Å². The van der Waals surface area contributed by atoms with Crippen LogP contribution in [0, 0.1) is 13.8 Å². The van der Waals surface area contributed by atoms with E-state index in [9.17, 15) is 21.6 Å². The third kappa shape index (κ3) is 3.97. The fraction of sp³-hybridized carbons (Fsp3) is 0.200. The van der Waals surface area contributed by atoms with E-state index in [0.29, 0.717) is 11.6 Å². The second kappa shape index (κ2) is 6.05. The van der Waals surface area contributed by atoms with Crippen molar-refractivity contribution in [3.63, 3.8) is 0 Å². The summed E-state index contributed by atoms with van der Waals surface area (Å²) in [5.74, 6) is 0. The van der Waals surface area contributed by atoms with E-state index < -0.39 is 26.7 Å². The van der Waals surface area contributed by atoms with Gasteiger partial charge in [-0.15, -0.1) is 0 Å². The predicted molar refractivity (Wildman–Crippen MR) is 83.2 cm³/mol. The molecule has 0 aliphatic rings. The smallest absolute Gasteiger partial charge is 0.279 e. The van der Waals surface area contributed by atoms with Crippen molar-refractivity contribution >= 4 is 27.3 Å². The maximum absolute atomic E-state index is 13.1. The lowest BCUT2D eigenvalue weighted by atomic mass is 10.1. The van der Waals surface area contributed by atoms with Crippen molar-refractivity contribution in [1.82, 2.24) is 0 Å². The van der Waals surface area contributed by atoms with Gasteiger partial charge in [0, 0.05) is 5.02 Å². The summed E-state index contributed by atoms with van der Waals surface area (Å²) in [5.41, 5.74) is 0.304. The molecule has 0 aliphatic carbocycles. The highest BCUT2D eigenvalue weighted by atomic mass is 35.5. The molecular weight excluding hydrogens is 351 g/mol. The highest BCUT2D eigenvalue weighted by Gasteiger charge is 2.37. The highest BCUT2D eigenvalue weighted by Crippen LogP contribution is 2.36. The maximum Gasteiger partial charge on any atom is 0.417 e. The van der Waals surface area contributed by atoms with Gasteiger partial charge < -0.3 is 0 Å². The van der Waals surface area contributed by atoms with Gasteiger partial charge in [-0.3, -0.25) is 4.72 Å². The zero-order valence-electron chi connectivity index (χ0n) is 12.2. The van der Waals surface area contributed by atoms with Gasteiger partial charge in [0.2, 0.25) is 0 Å². The fourth-order valence-corrected chi connectivity index (χ4v) is 3.51. The fourth-order valence-electron chi connectivity index (χ4n) is 2.00. The number of benzene rings is 2. The van der Waals surface area contributed by atoms with Crippen molar-refractivity contribution in [3.05, 3.63) is 58.1 Å². The van der Waals surface area contributed by atoms with Crippen molar-refractivity contribution in [3.8, 4) is 0 Å². The molecule has 3 nitrogen and oxygen atoms in total. The minimum atomic E-state index is -4.84. The van der Waals surface area contributed by atoms with E-state index >= 15 is 0 Å². The average molecular weight is 364 g/mol. The number of aryl methyl sites for hydroxylation is 2. The van der Waals surface area contributed by atoms with Crippen LogP contribution in [0.3, 0.4) is 0 Å². The highest BCUT2D eigenvalue weighted by molar-refractivity contribution is 7.92. The van der Waals surface area contributed by atoms with Crippen LogP contribution in [0.15, 0.2) is 41.3 Å². The quantitative estimate of drug-likeness (QED) is 0.853. The van der Waals surface area contributed by atoms with E-state index in [0.717, 1.165) is 17.7 Å². The molecule has 8 heteroatoms. The molecule has 0 atom stereocenters. The zero-order valence-corrected chi connectivity index (χ0v) is 13.8. The van der Waals surface area contributed by atoms with Crippen LogP contribution < -0.4 is 4.72 Å². The van der Waals surface area contributed by atoms with Crippen LogP contribution in [-0.4, -0.2) is 8.42 Å². The van der Waals surface area contributed by atoms with Gasteiger partial charge in [-0.1, -0.05) is 23.7 Å². The molecule has 0 aliphatic heterocycles. The van der Waals surface area contributed by atoms with Crippen molar-refractivity contribution in [2.75, 3.05) is 4.72 Å². The first kappa shape index (κ1) is 17.6. The molecular formula is C15H13ClF3NO2S. The second-order valence-electron chi connectivity index (χ2n) is 5.06. The van der Waals surface area contributed by atoms with E-state index in [4.69, 9.17) is 11.6 Å². The first-order valence-corrected chi connectivity index (χ1v) is 8.33. The topological polar surface area (TPSA) is 46.2 Å². The number of hydrogen-bond acceptors (Lipinski definition) is 2. The minimum Gasteiger partial charge on any atom is -0.279 e. The molecule has 1 N–H and O–H groups in total. The molecule has 0 bridgehead atoms. The molecule has 2 aromatic carbocycles. The van der Waals surface area contributed by atoms with E-state index in [1.807, 2.05) is 0 Å². The molecule has 0 radical (unpaired) electrons. The van der Waals surface area contributed by atoms with Crippen molar-refractivity contribution in [2.45, 2.75) is 24.9 Å². The summed E-state index contributed by atoms with van der Waals surface area (Å²) in [6.07, 6.45) is -4.84. The molecule has 2 rings (SSSR count). The van der Waals surface area contributed by atoms with Crippen LogP contribution in [0.2, 0.25) is 5.02 Å². The lowest BCUT2D eigenvalue weighted by molar-refractivity contribution is -0.139. The van der Waals surface area contributed by atoms with Crippen LogP contribution >= 0.6 is 11.6 Å². The molecule has 23 heavy (non-hydrogen) atoms. The van der Waals surface area contributed by atoms with Crippen LogP contribution in [0.4, 0.5) is 18.9 Å². The van der Waals surface area contributed by atoms with Gasteiger partial charge in [0.05, 0.1) is 16.1 Å². The standard InChI is InChI=1S/C15H13ClF3NO2S/c1-9-3-4-10(2)13(7-9)20-23(21,22)14-6-5-11(16)8-12(14)15(17,18)19/h3-8,20H,1-2H3. The summed E-state index contributed by atoms with van der Waals surface area (Å²) in [5, 5.41) is -0.192. The number of rotatable bonds is 3. The first-order valence-electron chi connectivity index (χ1n) is 6.47.